The first-order chi connectivity index (χ1) is 13.1. The number of amides is 1. The lowest BCUT2D eigenvalue weighted by molar-refractivity contribution is -0.130. The van der Waals surface area contributed by atoms with Crippen molar-refractivity contribution < 1.29 is 4.79 Å². The number of aromatic amines is 1. The van der Waals surface area contributed by atoms with Crippen molar-refractivity contribution in [3.8, 4) is 0 Å². The maximum atomic E-state index is 12.8. The molecule has 27 heavy (non-hydrogen) atoms. The topological polar surface area (TPSA) is 69.3 Å². The number of aryl methyl sites for hydroxylation is 1. The number of piperazine rings is 1. The first-order valence-corrected chi connectivity index (χ1v) is 9.17. The highest BCUT2D eigenvalue weighted by molar-refractivity contribution is 5.88. The lowest BCUT2D eigenvalue weighted by Gasteiger charge is -2.36. The molecule has 6 heteroatoms. The summed E-state index contributed by atoms with van der Waals surface area (Å²) in [5.41, 5.74) is 2.84. The predicted molar refractivity (Wildman–Crippen MR) is 106 cm³/mol. The number of H-pyrrole nitrogens is 1. The van der Waals surface area contributed by atoms with E-state index in [0.29, 0.717) is 24.2 Å². The number of hydrogen-bond acceptors (Lipinski definition) is 4. The number of carbonyl (C=O) groups is 1. The number of nitrogens with zero attached hydrogens (tertiary/aromatic N) is 3. The average molecular weight is 362 g/mol. The number of carbonyl (C=O) groups excluding carboxylic acids is 1. The van der Waals surface area contributed by atoms with Crippen LogP contribution in [0.2, 0.25) is 0 Å². The summed E-state index contributed by atoms with van der Waals surface area (Å²) in [5, 5.41) is 7.93. The van der Waals surface area contributed by atoms with Crippen molar-refractivity contribution in [1.82, 2.24) is 15.1 Å². The van der Waals surface area contributed by atoms with E-state index in [1.165, 1.54) is 11.3 Å². The Labute approximate surface area is 157 Å². The van der Waals surface area contributed by atoms with Crippen molar-refractivity contribution in [1.29, 1.82) is 0 Å². The molecule has 6 nitrogen and oxygen atoms in total. The van der Waals surface area contributed by atoms with Gasteiger partial charge in [-0.05, 0) is 30.7 Å². The van der Waals surface area contributed by atoms with Gasteiger partial charge in [-0.25, -0.2) is 5.10 Å². The van der Waals surface area contributed by atoms with Crippen molar-refractivity contribution in [3.05, 3.63) is 70.1 Å². The molecule has 138 valence electrons. The summed E-state index contributed by atoms with van der Waals surface area (Å²) in [6, 6.07) is 15.7. The highest BCUT2D eigenvalue weighted by atomic mass is 16.2. The van der Waals surface area contributed by atoms with Crippen LogP contribution in [-0.4, -0.2) is 47.2 Å². The molecule has 1 amide bonds. The van der Waals surface area contributed by atoms with Gasteiger partial charge in [0.25, 0.3) is 5.56 Å². The van der Waals surface area contributed by atoms with Gasteiger partial charge in [0, 0.05) is 37.3 Å². The zero-order chi connectivity index (χ0) is 18.8. The highest BCUT2D eigenvalue weighted by Crippen LogP contribution is 2.19. The van der Waals surface area contributed by atoms with Crippen LogP contribution in [0.5, 0.6) is 0 Å². The van der Waals surface area contributed by atoms with E-state index in [1.54, 1.807) is 6.07 Å². The SMILES string of the molecule is Cc1cccc(N2CCN(C(=O)Cc3n[nH]c(=O)c4ccccc34)CC2)c1. The van der Waals surface area contributed by atoms with Gasteiger partial charge in [-0.1, -0.05) is 30.3 Å². The number of nitrogens with one attached hydrogen (secondary N) is 1. The summed E-state index contributed by atoms with van der Waals surface area (Å²) in [6.07, 6.45) is 0.196. The van der Waals surface area contributed by atoms with E-state index in [0.717, 1.165) is 18.5 Å². The fourth-order valence-corrected chi connectivity index (χ4v) is 3.60. The molecule has 1 fully saturated rings. The minimum absolute atomic E-state index is 0.0450. The molecule has 0 radical (unpaired) electrons. The third kappa shape index (κ3) is 3.56. The van der Waals surface area contributed by atoms with Crippen molar-refractivity contribution in [3.63, 3.8) is 0 Å². The minimum atomic E-state index is -0.228. The van der Waals surface area contributed by atoms with Crippen LogP contribution in [0.4, 0.5) is 5.69 Å². The second-order valence-electron chi connectivity index (χ2n) is 6.93. The Morgan fingerprint density at radius 1 is 1.04 bits per heavy atom. The van der Waals surface area contributed by atoms with Gasteiger partial charge in [-0.3, -0.25) is 9.59 Å². The Bertz CT molecular complexity index is 1040. The lowest BCUT2D eigenvalue weighted by Crippen LogP contribution is -2.49. The average Bonchev–Trinajstić information content (AvgIpc) is 2.70. The minimum Gasteiger partial charge on any atom is -0.368 e. The van der Waals surface area contributed by atoms with Crippen LogP contribution in [-0.2, 0) is 11.2 Å². The third-order valence-electron chi connectivity index (χ3n) is 5.09. The van der Waals surface area contributed by atoms with E-state index < -0.39 is 0 Å². The molecule has 2 aromatic carbocycles. The molecule has 1 aliphatic rings. The smallest absolute Gasteiger partial charge is 0.272 e. The van der Waals surface area contributed by atoms with Crippen molar-refractivity contribution in [2.24, 2.45) is 0 Å². The zero-order valence-electron chi connectivity index (χ0n) is 15.3. The van der Waals surface area contributed by atoms with Gasteiger partial charge >= 0.3 is 0 Å². The quantitative estimate of drug-likeness (QED) is 0.775. The van der Waals surface area contributed by atoms with Crippen LogP contribution in [0, 0.1) is 6.92 Å². The summed E-state index contributed by atoms with van der Waals surface area (Å²) in [7, 11) is 0. The van der Waals surface area contributed by atoms with E-state index in [2.05, 4.69) is 46.3 Å². The number of benzene rings is 2. The Morgan fingerprint density at radius 2 is 1.78 bits per heavy atom. The van der Waals surface area contributed by atoms with Gasteiger partial charge in [0.2, 0.25) is 5.91 Å². The van der Waals surface area contributed by atoms with Crippen molar-refractivity contribution in [2.45, 2.75) is 13.3 Å². The molecule has 1 saturated heterocycles. The van der Waals surface area contributed by atoms with Gasteiger partial charge < -0.3 is 9.80 Å². The largest absolute Gasteiger partial charge is 0.368 e. The molecule has 3 aromatic rings. The number of rotatable bonds is 3. The number of aromatic nitrogens is 2. The molecule has 4 rings (SSSR count). The number of hydrogen-bond donors (Lipinski definition) is 1. The summed E-state index contributed by atoms with van der Waals surface area (Å²) in [4.78, 5) is 28.9. The molecule has 1 N–H and O–H groups in total. The fraction of sp³-hybridized carbons (Fsp3) is 0.286. The molecule has 0 atom stereocenters. The summed E-state index contributed by atoms with van der Waals surface area (Å²) >= 11 is 0. The van der Waals surface area contributed by atoms with Crippen LogP contribution in [0.1, 0.15) is 11.3 Å². The lowest BCUT2D eigenvalue weighted by atomic mass is 10.1. The van der Waals surface area contributed by atoms with Gasteiger partial charge in [0.05, 0.1) is 17.5 Å². The summed E-state index contributed by atoms with van der Waals surface area (Å²) in [5.74, 6) is 0.0450. The van der Waals surface area contributed by atoms with Crippen LogP contribution >= 0.6 is 0 Å². The number of anilines is 1. The van der Waals surface area contributed by atoms with Crippen molar-refractivity contribution >= 4 is 22.4 Å². The first kappa shape index (κ1) is 17.3. The molecular weight excluding hydrogens is 340 g/mol. The Kier molecular flexibility index (Phi) is 4.62. The summed E-state index contributed by atoms with van der Waals surface area (Å²) in [6.45, 7) is 5.09. The molecule has 0 unspecified atom stereocenters. The van der Waals surface area contributed by atoms with E-state index >= 15 is 0 Å². The molecule has 1 aliphatic heterocycles. The highest BCUT2D eigenvalue weighted by Gasteiger charge is 2.22. The maximum absolute atomic E-state index is 12.8. The second kappa shape index (κ2) is 7.23. The standard InChI is InChI=1S/C21H22N4O2/c1-15-5-4-6-16(13-15)24-9-11-25(12-10-24)20(26)14-19-17-7-2-3-8-18(17)21(27)23-22-19/h2-8,13H,9-12,14H2,1H3,(H,23,27). The number of fused-ring (bicyclic) bond motifs is 1. The maximum Gasteiger partial charge on any atom is 0.272 e. The first-order valence-electron chi connectivity index (χ1n) is 9.17. The monoisotopic (exact) mass is 362 g/mol. The molecule has 1 aromatic heterocycles. The van der Waals surface area contributed by atoms with E-state index in [9.17, 15) is 9.59 Å². The third-order valence-corrected chi connectivity index (χ3v) is 5.09. The Hall–Kier alpha value is -3.15. The van der Waals surface area contributed by atoms with E-state index in [1.807, 2.05) is 23.1 Å². The Morgan fingerprint density at radius 3 is 2.52 bits per heavy atom. The van der Waals surface area contributed by atoms with Gasteiger partial charge in [0.1, 0.15) is 0 Å². The van der Waals surface area contributed by atoms with Crippen LogP contribution in [0.15, 0.2) is 53.3 Å². The van der Waals surface area contributed by atoms with Gasteiger partial charge in [0.15, 0.2) is 0 Å². The van der Waals surface area contributed by atoms with Crippen molar-refractivity contribution in [2.75, 3.05) is 31.1 Å². The van der Waals surface area contributed by atoms with E-state index in [4.69, 9.17) is 0 Å². The van der Waals surface area contributed by atoms with Gasteiger partial charge in [-0.15, -0.1) is 0 Å². The van der Waals surface area contributed by atoms with Crippen LogP contribution < -0.4 is 10.5 Å². The fourth-order valence-electron chi connectivity index (χ4n) is 3.60. The molecule has 0 bridgehead atoms. The molecule has 2 heterocycles. The second-order valence-corrected chi connectivity index (χ2v) is 6.93. The zero-order valence-corrected chi connectivity index (χ0v) is 15.3. The normalized spacial score (nSPS) is 14.6. The predicted octanol–water partition coefficient (Wildman–Crippen LogP) is 2.12. The van der Waals surface area contributed by atoms with E-state index in [-0.39, 0.29) is 17.9 Å². The molecular formula is C21H22N4O2. The molecule has 0 saturated carbocycles. The van der Waals surface area contributed by atoms with Crippen LogP contribution in [0.25, 0.3) is 10.8 Å². The van der Waals surface area contributed by atoms with Gasteiger partial charge in [-0.2, -0.15) is 5.10 Å². The summed E-state index contributed by atoms with van der Waals surface area (Å²) < 4.78 is 0. The molecule has 0 aliphatic carbocycles. The van der Waals surface area contributed by atoms with Crippen LogP contribution in [0.3, 0.4) is 0 Å². The Balaban J connectivity index is 1.45. The molecule has 0 spiro atoms.